The van der Waals surface area contributed by atoms with Gasteiger partial charge in [0.2, 0.25) is 0 Å². The second kappa shape index (κ2) is 4.99. The van der Waals surface area contributed by atoms with Gasteiger partial charge in [0.15, 0.2) is 0 Å². The van der Waals surface area contributed by atoms with Crippen LogP contribution in [0.25, 0.3) is 10.8 Å². The minimum atomic E-state index is -0.511. The Kier molecular flexibility index (Phi) is 3.58. The average Bonchev–Trinajstić information content (AvgIpc) is 2.36. The maximum absolute atomic E-state index is 10.8. The van der Waals surface area contributed by atoms with Crippen molar-refractivity contribution in [3.05, 3.63) is 48.0 Å². The molecule has 94 valence electrons. The van der Waals surface area contributed by atoms with Gasteiger partial charge in [-0.05, 0) is 27.9 Å². The highest BCUT2D eigenvalue weighted by atomic mass is 35.5. The number of nitrogens with one attached hydrogen (secondary N) is 1. The smallest absolute Gasteiger partial charge is 0.313 e. The molecule has 0 heterocycles. The van der Waals surface area contributed by atoms with E-state index in [1.165, 1.54) is 16.3 Å². The summed E-state index contributed by atoms with van der Waals surface area (Å²) >= 11 is 5.34. The lowest BCUT2D eigenvalue weighted by molar-refractivity contribution is 0.257. The summed E-state index contributed by atoms with van der Waals surface area (Å²) in [5.74, 6) is 0. The van der Waals surface area contributed by atoms with E-state index >= 15 is 0 Å². The molecule has 0 bridgehead atoms. The Balaban J connectivity index is 2.43. The number of halogens is 1. The number of amides is 1. The number of rotatable bonds is 3. The fourth-order valence-corrected chi connectivity index (χ4v) is 2.27. The Morgan fingerprint density at radius 1 is 1.17 bits per heavy atom. The van der Waals surface area contributed by atoms with Crippen LogP contribution in [0.5, 0.6) is 0 Å². The van der Waals surface area contributed by atoms with Gasteiger partial charge in [0, 0.05) is 12.0 Å². The molecule has 2 nitrogen and oxygen atoms in total. The van der Waals surface area contributed by atoms with E-state index in [0.29, 0.717) is 6.54 Å². The van der Waals surface area contributed by atoms with Gasteiger partial charge in [0.25, 0.3) is 0 Å². The molecule has 0 aliphatic rings. The molecule has 2 rings (SSSR count). The first-order valence-electron chi connectivity index (χ1n) is 5.92. The van der Waals surface area contributed by atoms with Crippen molar-refractivity contribution in [3.8, 4) is 0 Å². The molecule has 3 heteroatoms. The summed E-state index contributed by atoms with van der Waals surface area (Å²) in [5, 5.41) is 4.59. The van der Waals surface area contributed by atoms with E-state index in [9.17, 15) is 4.79 Å². The van der Waals surface area contributed by atoms with Gasteiger partial charge >= 0.3 is 5.37 Å². The van der Waals surface area contributed by atoms with Gasteiger partial charge in [0.1, 0.15) is 0 Å². The first-order valence-corrected chi connectivity index (χ1v) is 6.30. The quantitative estimate of drug-likeness (QED) is 0.655. The van der Waals surface area contributed by atoms with Crippen LogP contribution in [0.2, 0.25) is 0 Å². The largest absolute Gasteiger partial charge is 0.342 e. The van der Waals surface area contributed by atoms with Crippen molar-refractivity contribution < 1.29 is 4.79 Å². The van der Waals surface area contributed by atoms with Crippen LogP contribution in [0.4, 0.5) is 4.79 Å². The SMILES string of the molecule is CC(C)(CNC(=O)Cl)c1cccc2ccccc12. The third-order valence-corrected chi connectivity index (χ3v) is 3.32. The number of carbonyl (C=O) groups is 1. The van der Waals surface area contributed by atoms with E-state index in [2.05, 4.69) is 43.4 Å². The lowest BCUT2D eigenvalue weighted by Crippen LogP contribution is -2.34. The third kappa shape index (κ3) is 2.65. The highest BCUT2D eigenvalue weighted by Crippen LogP contribution is 2.29. The number of hydrogen-bond acceptors (Lipinski definition) is 1. The number of benzene rings is 2. The van der Waals surface area contributed by atoms with Crippen molar-refractivity contribution in [1.82, 2.24) is 5.32 Å². The van der Waals surface area contributed by atoms with E-state index in [-0.39, 0.29) is 5.41 Å². The summed E-state index contributed by atoms with van der Waals surface area (Å²) in [4.78, 5) is 10.8. The third-order valence-electron chi connectivity index (χ3n) is 3.19. The molecule has 1 amide bonds. The minimum absolute atomic E-state index is 0.161. The van der Waals surface area contributed by atoms with Crippen LogP contribution in [0, 0.1) is 0 Å². The standard InChI is InChI=1S/C15H16ClNO/c1-15(2,10-17-14(16)18)13-9-5-7-11-6-3-4-8-12(11)13/h3-9H,10H2,1-2H3,(H,17,18). The summed E-state index contributed by atoms with van der Waals surface area (Å²) in [6.07, 6.45) is 0. The molecule has 2 aromatic rings. The molecule has 0 radical (unpaired) electrons. The average molecular weight is 262 g/mol. The molecule has 18 heavy (non-hydrogen) atoms. The van der Waals surface area contributed by atoms with E-state index in [1.807, 2.05) is 18.2 Å². The van der Waals surface area contributed by atoms with Crippen molar-refractivity contribution in [2.24, 2.45) is 0 Å². The number of hydrogen-bond donors (Lipinski definition) is 1. The first-order chi connectivity index (χ1) is 8.50. The molecule has 0 fully saturated rings. The van der Waals surface area contributed by atoms with Crippen LogP contribution in [-0.4, -0.2) is 11.9 Å². The summed E-state index contributed by atoms with van der Waals surface area (Å²) in [5.41, 5.74) is 1.05. The van der Waals surface area contributed by atoms with E-state index in [4.69, 9.17) is 11.6 Å². The molecule has 0 aliphatic heterocycles. The van der Waals surface area contributed by atoms with Crippen molar-refractivity contribution >= 4 is 27.7 Å². The van der Waals surface area contributed by atoms with E-state index in [0.717, 1.165) is 0 Å². The van der Waals surface area contributed by atoms with Gasteiger partial charge in [-0.3, -0.25) is 4.79 Å². The normalized spacial score (nSPS) is 11.5. The first kappa shape index (κ1) is 12.9. The van der Waals surface area contributed by atoms with Gasteiger partial charge in [-0.1, -0.05) is 56.3 Å². The molecule has 1 N–H and O–H groups in total. The predicted molar refractivity (Wildman–Crippen MR) is 76.2 cm³/mol. The summed E-state index contributed by atoms with van der Waals surface area (Å²) in [6, 6.07) is 14.5. The van der Waals surface area contributed by atoms with Gasteiger partial charge in [0.05, 0.1) is 0 Å². The van der Waals surface area contributed by atoms with E-state index < -0.39 is 5.37 Å². The van der Waals surface area contributed by atoms with Crippen LogP contribution in [0.15, 0.2) is 42.5 Å². The van der Waals surface area contributed by atoms with E-state index in [1.54, 1.807) is 0 Å². The van der Waals surface area contributed by atoms with Crippen molar-refractivity contribution in [2.75, 3.05) is 6.54 Å². The molecule has 0 saturated heterocycles. The maximum Gasteiger partial charge on any atom is 0.313 e. The maximum atomic E-state index is 10.8. The molecule has 0 unspecified atom stereocenters. The molecular formula is C15H16ClNO. The Hall–Kier alpha value is -1.54. The zero-order valence-electron chi connectivity index (χ0n) is 10.5. The molecule has 0 atom stereocenters. The fourth-order valence-electron chi connectivity index (χ4n) is 2.20. The highest BCUT2D eigenvalue weighted by molar-refractivity contribution is 6.62. The van der Waals surface area contributed by atoms with Crippen LogP contribution < -0.4 is 5.32 Å². The van der Waals surface area contributed by atoms with Crippen molar-refractivity contribution in [3.63, 3.8) is 0 Å². The topological polar surface area (TPSA) is 29.1 Å². The summed E-state index contributed by atoms with van der Waals surface area (Å²) < 4.78 is 0. The zero-order valence-corrected chi connectivity index (χ0v) is 11.3. The van der Waals surface area contributed by atoms with Crippen LogP contribution >= 0.6 is 11.6 Å². The summed E-state index contributed by atoms with van der Waals surface area (Å²) in [7, 11) is 0. The molecule has 0 aromatic heterocycles. The molecule has 0 aliphatic carbocycles. The Morgan fingerprint density at radius 2 is 1.83 bits per heavy atom. The zero-order chi connectivity index (χ0) is 13.2. The Morgan fingerprint density at radius 3 is 2.56 bits per heavy atom. The molecule has 0 saturated carbocycles. The predicted octanol–water partition coefficient (Wildman–Crippen LogP) is 4.07. The number of carbonyl (C=O) groups excluding carboxylic acids is 1. The van der Waals surface area contributed by atoms with Gasteiger partial charge in [-0.25, -0.2) is 0 Å². The van der Waals surface area contributed by atoms with Crippen LogP contribution in [0.1, 0.15) is 19.4 Å². The molecular weight excluding hydrogens is 246 g/mol. The Bertz CT molecular complexity index is 572. The molecule has 0 spiro atoms. The van der Waals surface area contributed by atoms with Crippen LogP contribution in [0.3, 0.4) is 0 Å². The van der Waals surface area contributed by atoms with Crippen molar-refractivity contribution in [2.45, 2.75) is 19.3 Å². The second-order valence-corrected chi connectivity index (χ2v) is 5.38. The fraction of sp³-hybridized carbons (Fsp3) is 0.267. The second-order valence-electron chi connectivity index (χ2n) is 5.04. The van der Waals surface area contributed by atoms with Crippen LogP contribution in [-0.2, 0) is 5.41 Å². The van der Waals surface area contributed by atoms with Crippen molar-refractivity contribution in [1.29, 1.82) is 0 Å². The summed E-state index contributed by atoms with van der Waals surface area (Å²) in [6.45, 7) is 4.71. The van der Waals surface area contributed by atoms with Gasteiger partial charge < -0.3 is 5.32 Å². The van der Waals surface area contributed by atoms with Gasteiger partial charge in [-0.15, -0.1) is 0 Å². The number of fused-ring (bicyclic) bond motifs is 1. The molecule has 2 aromatic carbocycles. The lowest BCUT2D eigenvalue weighted by Gasteiger charge is -2.26. The highest BCUT2D eigenvalue weighted by Gasteiger charge is 2.22. The van der Waals surface area contributed by atoms with Gasteiger partial charge in [-0.2, -0.15) is 0 Å². The minimum Gasteiger partial charge on any atom is -0.342 e. The lowest BCUT2D eigenvalue weighted by atomic mass is 9.81. The Labute approximate surface area is 112 Å². The monoisotopic (exact) mass is 261 g/mol.